The Kier molecular flexibility index (Phi) is 5.84. The number of rotatable bonds is 5. The molecular weight excluding hydrogens is 393 g/mol. The van der Waals surface area contributed by atoms with Gasteiger partial charge in [0.1, 0.15) is 5.75 Å². The lowest BCUT2D eigenvalue weighted by molar-refractivity contribution is -0.274. The minimum atomic E-state index is -4.78. The fourth-order valence-corrected chi connectivity index (χ4v) is 2.73. The van der Waals surface area contributed by atoms with Crippen molar-refractivity contribution >= 4 is 23.2 Å². The molecule has 0 aliphatic rings. The number of halogens is 4. The molecule has 0 aliphatic heterocycles. The fourth-order valence-electron chi connectivity index (χ4n) is 2.53. The van der Waals surface area contributed by atoms with Crippen LogP contribution in [-0.4, -0.2) is 17.3 Å². The van der Waals surface area contributed by atoms with Crippen LogP contribution in [0.1, 0.15) is 5.56 Å². The number of ether oxygens (including phenoxy) is 1. The second kappa shape index (κ2) is 8.31. The summed E-state index contributed by atoms with van der Waals surface area (Å²) in [6.07, 6.45) is -2.24. The number of aromatic nitrogens is 1. The molecule has 8 heteroatoms. The Labute approximate surface area is 163 Å². The van der Waals surface area contributed by atoms with Crippen LogP contribution >= 0.6 is 11.6 Å². The first-order valence-corrected chi connectivity index (χ1v) is 8.52. The van der Waals surface area contributed by atoms with Crippen molar-refractivity contribution in [2.24, 2.45) is 0 Å². The zero-order chi connectivity index (χ0) is 20.1. The van der Waals surface area contributed by atoms with Gasteiger partial charge in [-0.1, -0.05) is 41.9 Å². The summed E-state index contributed by atoms with van der Waals surface area (Å²) in [5.74, 6) is -0.634. The molecular formula is C20H14ClF3N2O2. The van der Waals surface area contributed by atoms with Gasteiger partial charge in [-0.3, -0.25) is 9.78 Å². The van der Waals surface area contributed by atoms with Gasteiger partial charge in [0.2, 0.25) is 5.91 Å². The summed E-state index contributed by atoms with van der Waals surface area (Å²) < 4.78 is 40.9. The molecule has 2 aromatic carbocycles. The molecule has 1 aromatic heterocycles. The van der Waals surface area contributed by atoms with Gasteiger partial charge in [0, 0.05) is 22.5 Å². The van der Waals surface area contributed by atoms with Crippen molar-refractivity contribution in [2.45, 2.75) is 12.8 Å². The molecule has 0 aliphatic carbocycles. The van der Waals surface area contributed by atoms with Gasteiger partial charge < -0.3 is 10.1 Å². The highest BCUT2D eigenvalue weighted by atomic mass is 35.5. The third kappa shape index (κ3) is 5.47. The predicted octanol–water partition coefficient (Wildman–Crippen LogP) is 5.48. The van der Waals surface area contributed by atoms with Crippen molar-refractivity contribution in [1.82, 2.24) is 4.98 Å². The maximum Gasteiger partial charge on any atom is 0.573 e. The Morgan fingerprint density at radius 2 is 1.75 bits per heavy atom. The molecule has 1 amide bonds. The van der Waals surface area contributed by atoms with Crippen molar-refractivity contribution in [3.63, 3.8) is 0 Å². The Bertz CT molecular complexity index is 976. The number of hydrogen-bond acceptors (Lipinski definition) is 3. The van der Waals surface area contributed by atoms with E-state index in [0.29, 0.717) is 27.4 Å². The van der Waals surface area contributed by atoms with E-state index in [0.717, 1.165) is 6.20 Å². The highest BCUT2D eigenvalue weighted by Gasteiger charge is 2.31. The van der Waals surface area contributed by atoms with E-state index in [4.69, 9.17) is 11.6 Å². The lowest BCUT2D eigenvalue weighted by Crippen LogP contribution is -2.17. The van der Waals surface area contributed by atoms with Crippen LogP contribution in [0.4, 0.5) is 18.9 Å². The highest BCUT2D eigenvalue weighted by Crippen LogP contribution is 2.27. The number of carbonyl (C=O) groups is 1. The van der Waals surface area contributed by atoms with Crippen LogP contribution in [0.5, 0.6) is 5.75 Å². The molecule has 0 saturated carbocycles. The molecule has 0 fully saturated rings. The number of nitrogens with one attached hydrogen (secondary N) is 1. The van der Waals surface area contributed by atoms with E-state index in [1.54, 1.807) is 48.5 Å². The normalized spacial score (nSPS) is 11.1. The summed E-state index contributed by atoms with van der Waals surface area (Å²) in [5, 5.41) is 3.27. The number of benzene rings is 2. The highest BCUT2D eigenvalue weighted by molar-refractivity contribution is 6.31. The van der Waals surface area contributed by atoms with E-state index in [2.05, 4.69) is 15.0 Å². The minimum Gasteiger partial charge on any atom is -0.404 e. The number of nitrogens with zero attached hydrogens (tertiary/aromatic N) is 1. The van der Waals surface area contributed by atoms with Crippen LogP contribution in [0.3, 0.4) is 0 Å². The van der Waals surface area contributed by atoms with Crippen LogP contribution in [0.15, 0.2) is 67.0 Å². The molecule has 144 valence electrons. The molecule has 0 unspecified atom stereocenters. The first-order chi connectivity index (χ1) is 13.3. The van der Waals surface area contributed by atoms with Crippen LogP contribution in [-0.2, 0) is 11.2 Å². The standard InChI is InChI=1S/C20H14ClF3N2O2/c21-18-4-2-1-3-14(18)10-19(27)26-16-7-5-13(6-8-16)15-9-17(12-25-11-15)28-20(22,23)24/h1-9,11-12H,10H2,(H,26,27). The predicted molar refractivity (Wildman–Crippen MR) is 100 cm³/mol. The third-order valence-electron chi connectivity index (χ3n) is 3.76. The largest absolute Gasteiger partial charge is 0.573 e. The molecule has 1 heterocycles. The summed E-state index contributed by atoms with van der Waals surface area (Å²) in [6, 6.07) is 14.9. The monoisotopic (exact) mass is 406 g/mol. The molecule has 0 bridgehead atoms. The molecule has 0 atom stereocenters. The summed E-state index contributed by atoms with van der Waals surface area (Å²) in [4.78, 5) is 15.9. The summed E-state index contributed by atoms with van der Waals surface area (Å²) in [7, 11) is 0. The molecule has 28 heavy (non-hydrogen) atoms. The lowest BCUT2D eigenvalue weighted by Gasteiger charge is -2.10. The molecule has 0 spiro atoms. The number of pyridine rings is 1. The first-order valence-electron chi connectivity index (χ1n) is 8.15. The van der Waals surface area contributed by atoms with E-state index >= 15 is 0 Å². The maximum atomic E-state index is 12.3. The smallest absolute Gasteiger partial charge is 0.404 e. The molecule has 0 saturated heterocycles. The van der Waals surface area contributed by atoms with Crippen molar-refractivity contribution < 1.29 is 22.7 Å². The van der Waals surface area contributed by atoms with Crippen LogP contribution in [0.25, 0.3) is 11.1 Å². The quantitative estimate of drug-likeness (QED) is 0.610. The van der Waals surface area contributed by atoms with E-state index in [9.17, 15) is 18.0 Å². The van der Waals surface area contributed by atoms with Gasteiger partial charge in [0.25, 0.3) is 0 Å². The molecule has 0 radical (unpaired) electrons. The molecule has 3 aromatic rings. The van der Waals surface area contributed by atoms with Crippen molar-refractivity contribution in [1.29, 1.82) is 0 Å². The topological polar surface area (TPSA) is 51.2 Å². The number of carbonyl (C=O) groups excluding carboxylic acids is 1. The zero-order valence-corrected chi connectivity index (χ0v) is 15.1. The van der Waals surface area contributed by atoms with Crippen LogP contribution < -0.4 is 10.1 Å². The molecule has 4 nitrogen and oxygen atoms in total. The fraction of sp³-hybridized carbons (Fsp3) is 0.100. The second-order valence-corrected chi connectivity index (χ2v) is 6.26. The van der Waals surface area contributed by atoms with E-state index < -0.39 is 12.1 Å². The Balaban J connectivity index is 1.67. The summed E-state index contributed by atoms with van der Waals surface area (Å²) >= 11 is 6.05. The van der Waals surface area contributed by atoms with Crippen LogP contribution in [0.2, 0.25) is 5.02 Å². The Hall–Kier alpha value is -3.06. The number of anilines is 1. The number of alkyl halides is 3. The van der Waals surface area contributed by atoms with E-state index in [-0.39, 0.29) is 12.3 Å². The van der Waals surface area contributed by atoms with Gasteiger partial charge in [-0.05, 0) is 35.4 Å². The summed E-state index contributed by atoms with van der Waals surface area (Å²) in [6.45, 7) is 0. The average molecular weight is 407 g/mol. The zero-order valence-electron chi connectivity index (χ0n) is 14.3. The molecule has 3 rings (SSSR count). The van der Waals surface area contributed by atoms with Gasteiger partial charge >= 0.3 is 6.36 Å². The van der Waals surface area contributed by atoms with E-state index in [1.807, 2.05) is 0 Å². The van der Waals surface area contributed by atoms with Crippen molar-refractivity contribution in [3.8, 4) is 16.9 Å². The van der Waals surface area contributed by atoms with Gasteiger partial charge in [-0.2, -0.15) is 0 Å². The first kappa shape index (κ1) is 19.7. The third-order valence-corrected chi connectivity index (χ3v) is 4.13. The van der Waals surface area contributed by atoms with Gasteiger partial charge in [-0.25, -0.2) is 0 Å². The van der Waals surface area contributed by atoms with Gasteiger partial charge in [-0.15, -0.1) is 13.2 Å². The van der Waals surface area contributed by atoms with Gasteiger partial charge in [0.05, 0.1) is 12.6 Å². The average Bonchev–Trinajstić information content (AvgIpc) is 2.63. The minimum absolute atomic E-state index is 0.127. The summed E-state index contributed by atoms with van der Waals surface area (Å²) in [5.41, 5.74) is 2.35. The number of hydrogen-bond donors (Lipinski definition) is 1. The Morgan fingerprint density at radius 3 is 2.43 bits per heavy atom. The Morgan fingerprint density at radius 1 is 1.04 bits per heavy atom. The van der Waals surface area contributed by atoms with Gasteiger partial charge in [0.15, 0.2) is 0 Å². The van der Waals surface area contributed by atoms with Crippen LogP contribution in [0, 0.1) is 0 Å². The van der Waals surface area contributed by atoms with Crippen molar-refractivity contribution in [3.05, 3.63) is 77.6 Å². The molecule has 1 N–H and O–H groups in total. The number of amides is 1. The maximum absolute atomic E-state index is 12.3. The second-order valence-electron chi connectivity index (χ2n) is 5.85. The SMILES string of the molecule is O=C(Cc1ccccc1Cl)Nc1ccc(-c2cncc(OC(F)(F)F)c2)cc1. The van der Waals surface area contributed by atoms with Crippen molar-refractivity contribution in [2.75, 3.05) is 5.32 Å². The van der Waals surface area contributed by atoms with E-state index in [1.165, 1.54) is 12.3 Å². The lowest BCUT2D eigenvalue weighted by atomic mass is 10.1.